The first-order valence-corrected chi connectivity index (χ1v) is 5.64. The summed E-state index contributed by atoms with van der Waals surface area (Å²) in [7, 11) is 0. The van der Waals surface area contributed by atoms with Gasteiger partial charge in [-0.05, 0) is 26.3 Å². The lowest BCUT2D eigenvalue weighted by atomic mass is 10.2. The Labute approximate surface area is 99.2 Å². The van der Waals surface area contributed by atoms with Gasteiger partial charge in [0.1, 0.15) is 18.1 Å². The van der Waals surface area contributed by atoms with Gasteiger partial charge in [-0.2, -0.15) is 0 Å². The van der Waals surface area contributed by atoms with Crippen LogP contribution in [0.5, 0.6) is 5.75 Å². The topological polar surface area (TPSA) is 77.3 Å². The molecule has 1 aromatic heterocycles. The molecule has 1 atom stereocenters. The number of aryl methyl sites for hydroxylation is 1. The quantitative estimate of drug-likeness (QED) is 0.633. The van der Waals surface area contributed by atoms with Crippen molar-refractivity contribution in [2.24, 2.45) is 0 Å². The van der Waals surface area contributed by atoms with Crippen LogP contribution in [-0.4, -0.2) is 29.1 Å². The molecule has 1 aromatic rings. The normalized spacial score (nSPS) is 19.2. The summed E-state index contributed by atoms with van der Waals surface area (Å²) in [6.45, 7) is 3.16. The number of ether oxygens (including phenoxy) is 1. The minimum atomic E-state index is -0.441. The minimum Gasteiger partial charge on any atom is -0.490 e. The van der Waals surface area contributed by atoms with Gasteiger partial charge in [-0.3, -0.25) is 15.1 Å². The molecule has 0 spiro atoms. The molecule has 0 aromatic carbocycles. The molecule has 6 heteroatoms. The van der Waals surface area contributed by atoms with Crippen LogP contribution >= 0.6 is 0 Å². The van der Waals surface area contributed by atoms with Gasteiger partial charge in [0.15, 0.2) is 0 Å². The molecular formula is C11H15N3O3. The minimum absolute atomic E-state index is 0.00174. The number of nitro groups is 1. The summed E-state index contributed by atoms with van der Waals surface area (Å²) in [5, 5.41) is 14.0. The van der Waals surface area contributed by atoms with Crippen molar-refractivity contribution in [3.63, 3.8) is 0 Å². The number of hydrogen-bond donors (Lipinski definition) is 1. The molecule has 2 rings (SSSR count). The maximum Gasteiger partial charge on any atom is 0.294 e. The molecule has 1 fully saturated rings. The lowest BCUT2D eigenvalue weighted by Gasteiger charge is -2.11. The summed E-state index contributed by atoms with van der Waals surface area (Å²) in [4.78, 5) is 14.2. The van der Waals surface area contributed by atoms with Crippen molar-refractivity contribution in [3.8, 4) is 5.75 Å². The number of aromatic nitrogens is 1. The van der Waals surface area contributed by atoms with Gasteiger partial charge in [0.05, 0.1) is 17.2 Å². The fourth-order valence-electron chi connectivity index (χ4n) is 1.86. The summed E-state index contributed by atoms with van der Waals surface area (Å²) in [5.41, 5.74) is 0.406. The first-order valence-electron chi connectivity index (χ1n) is 5.64. The molecule has 0 radical (unpaired) electrons. The Morgan fingerprint density at radius 3 is 3.18 bits per heavy atom. The van der Waals surface area contributed by atoms with Crippen LogP contribution in [0.3, 0.4) is 0 Å². The molecule has 0 aliphatic carbocycles. The second-order valence-corrected chi connectivity index (χ2v) is 4.14. The monoisotopic (exact) mass is 237 g/mol. The van der Waals surface area contributed by atoms with E-state index >= 15 is 0 Å². The van der Waals surface area contributed by atoms with E-state index in [1.807, 2.05) is 0 Å². The molecule has 0 bridgehead atoms. The van der Waals surface area contributed by atoms with E-state index in [-0.39, 0.29) is 5.69 Å². The van der Waals surface area contributed by atoms with Gasteiger partial charge in [0, 0.05) is 6.04 Å². The predicted molar refractivity (Wildman–Crippen MR) is 62.1 cm³/mol. The number of rotatable bonds is 4. The molecule has 0 unspecified atom stereocenters. The number of pyridine rings is 1. The van der Waals surface area contributed by atoms with E-state index in [1.165, 1.54) is 12.3 Å². The predicted octanol–water partition coefficient (Wildman–Crippen LogP) is 1.43. The van der Waals surface area contributed by atoms with Crippen LogP contribution in [0.2, 0.25) is 0 Å². The molecule has 1 saturated heterocycles. The number of nitrogens with zero attached hydrogens (tertiary/aromatic N) is 2. The van der Waals surface area contributed by atoms with E-state index in [4.69, 9.17) is 4.74 Å². The molecule has 0 amide bonds. The van der Waals surface area contributed by atoms with E-state index in [0.29, 0.717) is 24.1 Å². The van der Waals surface area contributed by atoms with Crippen molar-refractivity contribution >= 4 is 5.69 Å². The van der Waals surface area contributed by atoms with E-state index < -0.39 is 4.92 Å². The summed E-state index contributed by atoms with van der Waals surface area (Å²) in [6, 6.07) is 1.77. The number of hydrogen-bond acceptors (Lipinski definition) is 5. The fourth-order valence-corrected chi connectivity index (χ4v) is 1.86. The van der Waals surface area contributed by atoms with Crippen molar-refractivity contribution in [2.45, 2.75) is 25.8 Å². The third kappa shape index (κ3) is 2.91. The Bertz CT molecular complexity index is 416. The zero-order chi connectivity index (χ0) is 12.3. The van der Waals surface area contributed by atoms with Crippen molar-refractivity contribution in [2.75, 3.05) is 13.2 Å². The summed E-state index contributed by atoms with van der Waals surface area (Å²) in [6.07, 6.45) is 3.76. The highest BCUT2D eigenvalue weighted by molar-refractivity contribution is 5.40. The van der Waals surface area contributed by atoms with Crippen LogP contribution in [-0.2, 0) is 0 Å². The Kier molecular flexibility index (Phi) is 3.53. The first-order chi connectivity index (χ1) is 8.16. The molecule has 0 saturated carbocycles. The van der Waals surface area contributed by atoms with E-state index in [2.05, 4.69) is 10.3 Å². The van der Waals surface area contributed by atoms with Crippen molar-refractivity contribution < 1.29 is 9.66 Å². The third-order valence-electron chi connectivity index (χ3n) is 2.85. The van der Waals surface area contributed by atoms with Crippen LogP contribution in [0.1, 0.15) is 18.5 Å². The first kappa shape index (κ1) is 11.8. The highest BCUT2D eigenvalue weighted by atomic mass is 16.6. The lowest BCUT2D eigenvalue weighted by molar-refractivity contribution is -0.385. The second kappa shape index (κ2) is 5.09. The van der Waals surface area contributed by atoms with E-state index in [0.717, 1.165) is 19.4 Å². The van der Waals surface area contributed by atoms with Crippen LogP contribution in [0.25, 0.3) is 0 Å². The highest BCUT2D eigenvalue weighted by Gasteiger charge is 2.16. The molecule has 1 aliphatic heterocycles. The van der Waals surface area contributed by atoms with Crippen LogP contribution in [0.4, 0.5) is 5.69 Å². The zero-order valence-electron chi connectivity index (χ0n) is 9.68. The molecule has 1 aliphatic rings. The Balaban J connectivity index is 2.00. The molecule has 2 heterocycles. The largest absolute Gasteiger partial charge is 0.490 e. The van der Waals surface area contributed by atoms with Crippen molar-refractivity contribution in [3.05, 3.63) is 28.1 Å². The maximum atomic E-state index is 10.7. The summed E-state index contributed by atoms with van der Waals surface area (Å²) >= 11 is 0. The van der Waals surface area contributed by atoms with Crippen molar-refractivity contribution in [1.29, 1.82) is 0 Å². The lowest BCUT2D eigenvalue weighted by Crippen LogP contribution is -2.28. The maximum absolute atomic E-state index is 10.7. The summed E-state index contributed by atoms with van der Waals surface area (Å²) in [5.74, 6) is 0.455. The molecule has 17 heavy (non-hydrogen) atoms. The Morgan fingerprint density at radius 1 is 1.71 bits per heavy atom. The third-order valence-corrected chi connectivity index (χ3v) is 2.85. The smallest absolute Gasteiger partial charge is 0.294 e. The van der Waals surface area contributed by atoms with Crippen LogP contribution in [0, 0.1) is 17.0 Å². The van der Waals surface area contributed by atoms with Gasteiger partial charge in [0.25, 0.3) is 5.69 Å². The Hall–Kier alpha value is -1.69. The van der Waals surface area contributed by atoms with Crippen LogP contribution < -0.4 is 10.1 Å². The number of nitrogens with one attached hydrogen (secondary N) is 1. The SMILES string of the molecule is Cc1ncc(OC[C@H]2CCCN2)cc1[N+](=O)[O-]. The molecule has 1 N–H and O–H groups in total. The van der Waals surface area contributed by atoms with E-state index in [9.17, 15) is 10.1 Å². The molecule has 92 valence electrons. The van der Waals surface area contributed by atoms with Gasteiger partial charge >= 0.3 is 0 Å². The highest BCUT2D eigenvalue weighted by Crippen LogP contribution is 2.21. The van der Waals surface area contributed by atoms with Gasteiger partial charge < -0.3 is 10.1 Å². The Morgan fingerprint density at radius 2 is 2.53 bits per heavy atom. The summed E-state index contributed by atoms with van der Waals surface area (Å²) < 4.78 is 5.51. The average molecular weight is 237 g/mol. The van der Waals surface area contributed by atoms with Gasteiger partial charge in [-0.15, -0.1) is 0 Å². The van der Waals surface area contributed by atoms with E-state index in [1.54, 1.807) is 6.92 Å². The van der Waals surface area contributed by atoms with Gasteiger partial charge in [-0.25, -0.2) is 0 Å². The van der Waals surface area contributed by atoms with Gasteiger partial charge in [0.2, 0.25) is 0 Å². The molecule has 6 nitrogen and oxygen atoms in total. The zero-order valence-corrected chi connectivity index (χ0v) is 9.68. The van der Waals surface area contributed by atoms with Crippen LogP contribution in [0.15, 0.2) is 12.3 Å². The standard InChI is InChI=1S/C11H15N3O3/c1-8-11(14(15)16)5-10(6-13-8)17-7-9-3-2-4-12-9/h5-6,9,12H,2-4,7H2,1H3/t9-/m1/s1. The fraction of sp³-hybridized carbons (Fsp3) is 0.545. The average Bonchev–Trinajstić information content (AvgIpc) is 2.80. The van der Waals surface area contributed by atoms with Crippen molar-refractivity contribution in [1.82, 2.24) is 10.3 Å². The second-order valence-electron chi connectivity index (χ2n) is 4.14. The van der Waals surface area contributed by atoms with Gasteiger partial charge in [-0.1, -0.05) is 0 Å². The molecular weight excluding hydrogens is 222 g/mol.